The van der Waals surface area contributed by atoms with Crippen molar-refractivity contribution in [3.8, 4) is 0 Å². The summed E-state index contributed by atoms with van der Waals surface area (Å²) >= 11 is 0. The molecule has 0 N–H and O–H groups in total. The quantitative estimate of drug-likeness (QED) is 0.308. The lowest BCUT2D eigenvalue weighted by Crippen LogP contribution is -2.51. The van der Waals surface area contributed by atoms with Gasteiger partial charge in [0.1, 0.15) is 0 Å². The SMILES string of the molecule is CC(C)(C)[C@@H]1[C@@H](C(C)(C)C)N=CN1C(c1ccc2ccccc2c1)c1ccc2ccccc2c1. The molecule has 34 heavy (non-hydrogen) atoms. The highest BCUT2D eigenvalue weighted by Crippen LogP contribution is 2.44. The second-order valence-electron chi connectivity index (χ2n) is 11.9. The van der Waals surface area contributed by atoms with Crippen LogP contribution < -0.4 is 0 Å². The van der Waals surface area contributed by atoms with Gasteiger partial charge in [-0.1, -0.05) is 114 Å². The minimum atomic E-state index is 0.0698. The number of hydrogen-bond acceptors (Lipinski definition) is 2. The summed E-state index contributed by atoms with van der Waals surface area (Å²) in [5, 5.41) is 5.11. The third-order valence-electron chi connectivity index (χ3n) is 7.23. The second kappa shape index (κ2) is 8.27. The molecule has 0 unspecified atom stereocenters. The summed E-state index contributed by atoms with van der Waals surface area (Å²) in [6, 6.07) is 31.8. The zero-order valence-electron chi connectivity index (χ0n) is 21.3. The second-order valence-corrected chi connectivity index (χ2v) is 11.9. The number of rotatable bonds is 3. The monoisotopic (exact) mass is 448 g/mol. The van der Waals surface area contributed by atoms with Crippen LogP contribution in [-0.4, -0.2) is 23.3 Å². The molecule has 2 nitrogen and oxygen atoms in total. The van der Waals surface area contributed by atoms with Gasteiger partial charge in [0, 0.05) is 0 Å². The molecule has 1 heterocycles. The zero-order valence-corrected chi connectivity index (χ0v) is 21.3. The van der Waals surface area contributed by atoms with E-state index in [9.17, 15) is 0 Å². The van der Waals surface area contributed by atoms with Gasteiger partial charge in [0.2, 0.25) is 0 Å². The van der Waals surface area contributed by atoms with Gasteiger partial charge in [0.15, 0.2) is 0 Å². The van der Waals surface area contributed by atoms with Gasteiger partial charge in [-0.2, -0.15) is 0 Å². The van der Waals surface area contributed by atoms with Crippen LogP contribution in [0.5, 0.6) is 0 Å². The smallest absolute Gasteiger partial charge is 0.0865 e. The molecular formula is C32H36N2. The van der Waals surface area contributed by atoms with Crippen molar-refractivity contribution in [2.24, 2.45) is 15.8 Å². The van der Waals surface area contributed by atoms with E-state index in [1.54, 1.807) is 0 Å². The molecule has 2 heteroatoms. The van der Waals surface area contributed by atoms with Crippen LogP contribution in [0.3, 0.4) is 0 Å². The lowest BCUT2D eigenvalue weighted by Gasteiger charge is -2.45. The minimum absolute atomic E-state index is 0.0698. The van der Waals surface area contributed by atoms with E-state index in [1.165, 1.54) is 32.7 Å². The molecule has 4 aromatic carbocycles. The largest absolute Gasteiger partial charge is 0.346 e. The fourth-order valence-electron chi connectivity index (χ4n) is 5.60. The van der Waals surface area contributed by atoms with E-state index in [-0.39, 0.29) is 29.0 Å². The van der Waals surface area contributed by atoms with Gasteiger partial charge in [-0.05, 0) is 55.6 Å². The fourth-order valence-corrected chi connectivity index (χ4v) is 5.60. The van der Waals surface area contributed by atoms with E-state index in [0.717, 1.165) is 0 Å². The van der Waals surface area contributed by atoms with Crippen molar-refractivity contribution in [1.29, 1.82) is 0 Å². The van der Waals surface area contributed by atoms with Crippen molar-refractivity contribution in [2.45, 2.75) is 59.7 Å². The molecule has 0 aromatic heterocycles. The lowest BCUT2D eigenvalue weighted by molar-refractivity contribution is 0.0988. The average molecular weight is 449 g/mol. The van der Waals surface area contributed by atoms with Gasteiger partial charge in [-0.25, -0.2) is 0 Å². The maximum Gasteiger partial charge on any atom is 0.0865 e. The predicted molar refractivity (Wildman–Crippen MR) is 147 cm³/mol. The normalized spacial score (nSPS) is 19.0. The Hall–Kier alpha value is -3.13. The Kier molecular flexibility index (Phi) is 5.51. The Morgan fingerprint density at radius 2 is 1.09 bits per heavy atom. The minimum Gasteiger partial charge on any atom is -0.346 e. The molecular weight excluding hydrogens is 412 g/mol. The predicted octanol–water partition coefficient (Wildman–Crippen LogP) is 8.26. The molecule has 5 rings (SSSR count). The molecule has 1 aliphatic rings. The summed E-state index contributed by atoms with van der Waals surface area (Å²) in [6.07, 6.45) is 2.14. The van der Waals surface area contributed by atoms with Gasteiger partial charge in [-0.15, -0.1) is 0 Å². The highest BCUT2D eigenvalue weighted by molar-refractivity contribution is 5.85. The standard InChI is InChI=1S/C32H36N2/c1-31(2,3)29-30(32(4,5)6)34(21-33-29)28(26-17-15-22-11-7-9-13-24(22)19-26)27-18-16-23-12-8-10-14-25(23)20-27/h7-21,28-30H,1-6H3/t29-,30-/m0/s1. The molecule has 0 aliphatic carbocycles. The Labute approximate surface area is 204 Å². The molecule has 0 saturated carbocycles. The first-order chi connectivity index (χ1) is 16.1. The van der Waals surface area contributed by atoms with E-state index >= 15 is 0 Å². The number of benzene rings is 4. The Morgan fingerprint density at radius 3 is 1.53 bits per heavy atom. The molecule has 1 aliphatic heterocycles. The van der Waals surface area contributed by atoms with E-state index in [2.05, 4.69) is 138 Å². The molecule has 174 valence electrons. The third kappa shape index (κ3) is 4.11. The highest BCUT2D eigenvalue weighted by Gasteiger charge is 2.47. The summed E-state index contributed by atoms with van der Waals surface area (Å²) in [5.41, 5.74) is 2.77. The number of aliphatic imine (C=N–C) groups is 1. The van der Waals surface area contributed by atoms with Crippen molar-refractivity contribution in [1.82, 2.24) is 4.90 Å². The van der Waals surface area contributed by atoms with Crippen LogP contribution in [0, 0.1) is 10.8 Å². The summed E-state index contributed by atoms with van der Waals surface area (Å²) in [6.45, 7) is 14.0. The van der Waals surface area contributed by atoms with Crippen LogP contribution in [0.25, 0.3) is 21.5 Å². The van der Waals surface area contributed by atoms with Crippen LogP contribution in [0.2, 0.25) is 0 Å². The number of hydrogen-bond donors (Lipinski definition) is 0. The molecule has 0 amide bonds. The summed E-state index contributed by atoms with van der Waals surface area (Å²) in [4.78, 5) is 7.68. The molecule has 4 aromatic rings. The van der Waals surface area contributed by atoms with Gasteiger partial charge < -0.3 is 4.90 Å². The first-order valence-electron chi connectivity index (χ1n) is 12.4. The van der Waals surface area contributed by atoms with Crippen molar-refractivity contribution < 1.29 is 0 Å². The Bertz CT molecular complexity index is 1270. The van der Waals surface area contributed by atoms with Crippen LogP contribution in [0.15, 0.2) is 89.9 Å². The van der Waals surface area contributed by atoms with Gasteiger partial charge >= 0.3 is 0 Å². The van der Waals surface area contributed by atoms with Crippen LogP contribution in [0.1, 0.15) is 58.7 Å². The van der Waals surface area contributed by atoms with Crippen LogP contribution in [-0.2, 0) is 0 Å². The maximum absolute atomic E-state index is 5.13. The van der Waals surface area contributed by atoms with E-state index in [1.807, 2.05) is 0 Å². The van der Waals surface area contributed by atoms with E-state index < -0.39 is 0 Å². The molecule has 2 atom stereocenters. The summed E-state index contributed by atoms with van der Waals surface area (Å²) in [5.74, 6) is 0. The van der Waals surface area contributed by atoms with E-state index in [0.29, 0.717) is 0 Å². The van der Waals surface area contributed by atoms with Gasteiger partial charge in [0.25, 0.3) is 0 Å². The third-order valence-corrected chi connectivity index (χ3v) is 7.23. The molecule has 0 fully saturated rings. The fraction of sp³-hybridized carbons (Fsp3) is 0.344. The Balaban J connectivity index is 1.70. The van der Waals surface area contributed by atoms with Crippen LogP contribution >= 0.6 is 0 Å². The first-order valence-corrected chi connectivity index (χ1v) is 12.4. The van der Waals surface area contributed by atoms with Crippen molar-refractivity contribution in [3.05, 3.63) is 96.1 Å². The van der Waals surface area contributed by atoms with Gasteiger partial charge in [-0.3, -0.25) is 4.99 Å². The van der Waals surface area contributed by atoms with Crippen molar-refractivity contribution in [2.75, 3.05) is 0 Å². The molecule has 0 spiro atoms. The molecule has 0 bridgehead atoms. The van der Waals surface area contributed by atoms with Gasteiger partial charge in [0.05, 0.1) is 24.5 Å². The van der Waals surface area contributed by atoms with Crippen molar-refractivity contribution in [3.63, 3.8) is 0 Å². The Morgan fingerprint density at radius 1 is 0.618 bits per heavy atom. The molecule has 0 radical (unpaired) electrons. The average Bonchev–Trinajstić information content (AvgIpc) is 3.25. The zero-order chi connectivity index (χ0) is 24.1. The van der Waals surface area contributed by atoms with Crippen LogP contribution in [0.4, 0.5) is 0 Å². The summed E-state index contributed by atoms with van der Waals surface area (Å²) in [7, 11) is 0. The highest BCUT2D eigenvalue weighted by atomic mass is 15.3. The number of fused-ring (bicyclic) bond motifs is 2. The number of nitrogens with zero attached hydrogens (tertiary/aromatic N) is 2. The van der Waals surface area contributed by atoms with E-state index in [4.69, 9.17) is 4.99 Å². The lowest BCUT2D eigenvalue weighted by atomic mass is 9.72. The topological polar surface area (TPSA) is 15.6 Å². The molecule has 0 saturated heterocycles. The first kappa shape index (κ1) is 22.7. The summed E-state index contributed by atoms with van der Waals surface area (Å²) < 4.78 is 0. The van der Waals surface area contributed by atoms with Crippen molar-refractivity contribution >= 4 is 27.9 Å². The maximum atomic E-state index is 5.13.